The monoisotopic (exact) mass is 443 g/mol. The van der Waals surface area contributed by atoms with Crippen LogP contribution in [-0.2, 0) is 16.0 Å². The number of hydrogen-bond donors (Lipinski definition) is 1. The van der Waals surface area contributed by atoms with Gasteiger partial charge in [0, 0.05) is 5.38 Å². The number of nitrogens with one attached hydrogen (secondary N) is 1. The third-order valence-electron chi connectivity index (χ3n) is 3.74. The van der Waals surface area contributed by atoms with Gasteiger partial charge in [-0.2, -0.15) is 5.10 Å². The minimum absolute atomic E-state index is 0.129. The Hall–Kier alpha value is -3.23. The molecule has 1 heterocycles. The van der Waals surface area contributed by atoms with E-state index in [1.54, 1.807) is 67.0 Å². The topological polar surface area (TPSA) is 89.9 Å². The minimum Gasteiger partial charge on any atom is -0.466 e. The SMILES string of the molecule is CCOC(=O)Cc1csc(NN=Cc2ccc(OC(=O)c3ccccc3Cl)cc2)n1. The van der Waals surface area contributed by atoms with Crippen LogP contribution >= 0.6 is 22.9 Å². The predicted octanol–water partition coefficient (Wildman–Crippen LogP) is 4.57. The lowest BCUT2D eigenvalue weighted by atomic mass is 10.2. The molecule has 0 amide bonds. The highest BCUT2D eigenvalue weighted by Gasteiger charge is 2.12. The van der Waals surface area contributed by atoms with Gasteiger partial charge in [-0.15, -0.1) is 11.3 Å². The van der Waals surface area contributed by atoms with Gasteiger partial charge in [0.15, 0.2) is 0 Å². The molecule has 0 bridgehead atoms. The van der Waals surface area contributed by atoms with Gasteiger partial charge in [0.25, 0.3) is 0 Å². The van der Waals surface area contributed by atoms with Gasteiger partial charge in [-0.05, 0) is 48.9 Å². The fraction of sp³-hybridized carbons (Fsp3) is 0.143. The lowest BCUT2D eigenvalue weighted by Gasteiger charge is -2.05. The van der Waals surface area contributed by atoms with Crippen molar-refractivity contribution < 1.29 is 19.1 Å². The number of carbonyl (C=O) groups excluding carboxylic acids is 2. The van der Waals surface area contributed by atoms with E-state index in [4.69, 9.17) is 21.1 Å². The Morgan fingerprint density at radius 2 is 1.97 bits per heavy atom. The summed E-state index contributed by atoms with van der Waals surface area (Å²) in [6.07, 6.45) is 1.73. The smallest absolute Gasteiger partial charge is 0.345 e. The summed E-state index contributed by atoms with van der Waals surface area (Å²) in [6.45, 7) is 2.10. The maximum Gasteiger partial charge on any atom is 0.345 e. The third-order valence-corrected chi connectivity index (χ3v) is 4.87. The standard InChI is InChI=1S/C21H18ClN3O4S/c1-2-28-19(26)11-15-13-30-21(24-15)25-23-12-14-7-9-16(10-8-14)29-20(27)17-5-3-4-6-18(17)22/h3-10,12-13H,2,11H2,1H3,(H,24,25). The van der Waals surface area contributed by atoms with Gasteiger partial charge in [-0.25, -0.2) is 9.78 Å². The molecule has 0 saturated carbocycles. The number of esters is 2. The molecule has 3 aromatic rings. The minimum atomic E-state index is -0.522. The zero-order valence-electron chi connectivity index (χ0n) is 16.0. The molecule has 7 nitrogen and oxygen atoms in total. The summed E-state index contributed by atoms with van der Waals surface area (Å²) in [7, 11) is 0. The van der Waals surface area contributed by atoms with E-state index in [0.717, 1.165) is 5.56 Å². The van der Waals surface area contributed by atoms with E-state index in [1.807, 2.05) is 0 Å². The summed E-state index contributed by atoms with van der Waals surface area (Å²) < 4.78 is 10.2. The van der Waals surface area contributed by atoms with Crippen LogP contribution in [0.3, 0.4) is 0 Å². The molecular formula is C21H18ClN3O4S. The van der Waals surface area contributed by atoms with Crippen LogP contribution in [0, 0.1) is 0 Å². The normalized spacial score (nSPS) is 10.7. The first-order chi connectivity index (χ1) is 14.5. The second kappa shape index (κ2) is 10.5. The fourth-order valence-corrected chi connectivity index (χ4v) is 3.24. The summed E-state index contributed by atoms with van der Waals surface area (Å²) in [6, 6.07) is 13.5. The quantitative estimate of drug-likeness (QED) is 0.237. The Morgan fingerprint density at radius 1 is 1.20 bits per heavy atom. The molecule has 0 aliphatic carbocycles. The summed E-state index contributed by atoms with van der Waals surface area (Å²) in [5.41, 5.74) is 4.54. The number of aromatic nitrogens is 1. The van der Waals surface area contributed by atoms with Crippen molar-refractivity contribution in [1.82, 2.24) is 4.98 Å². The number of nitrogens with zero attached hydrogens (tertiary/aromatic N) is 2. The zero-order valence-corrected chi connectivity index (χ0v) is 17.6. The number of hydrogen-bond acceptors (Lipinski definition) is 8. The third kappa shape index (κ3) is 6.13. The first-order valence-corrected chi connectivity index (χ1v) is 10.3. The van der Waals surface area contributed by atoms with Crippen LogP contribution in [0.1, 0.15) is 28.5 Å². The molecule has 0 aliphatic heterocycles. The molecule has 0 atom stereocenters. The highest BCUT2D eigenvalue weighted by molar-refractivity contribution is 7.13. The van der Waals surface area contributed by atoms with Crippen molar-refractivity contribution in [3.63, 3.8) is 0 Å². The molecule has 0 aliphatic rings. The molecule has 0 saturated heterocycles. The number of anilines is 1. The van der Waals surface area contributed by atoms with Gasteiger partial charge in [-0.3, -0.25) is 10.2 Å². The summed E-state index contributed by atoms with van der Waals surface area (Å²) in [5.74, 6) is -0.437. The molecule has 30 heavy (non-hydrogen) atoms. The van der Waals surface area contributed by atoms with Crippen molar-refractivity contribution in [3.8, 4) is 5.75 Å². The van der Waals surface area contributed by atoms with Crippen molar-refractivity contribution in [2.45, 2.75) is 13.3 Å². The Morgan fingerprint density at radius 3 is 2.70 bits per heavy atom. The highest BCUT2D eigenvalue weighted by Crippen LogP contribution is 2.19. The molecule has 0 unspecified atom stereocenters. The Bertz CT molecular complexity index is 1050. The average Bonchev–Trinajstić information content (AvgIpc) is 3.17. The Kier molecular flexibility index (Phi) is 7.53. The summed E-state index contributed by atoms with van der Waals surface area (Å²) in [4.78, 5) is 27.9. The largest absolute Gasteiger partial charge is 0.466 e. The van der Waals surface area contributed by atoms with Crippen molar-refractivity contribution in [2.24, 2.45) is 5.10 Å². The van der Waals surface area contributed by atoms with E-state index in [9.17, 15) is 9.59 Å². The van der Waals surface area contributed by atoms with Crippen molar-refractivity contribution in [2.75, 3.05) is 12.0 Å². The summed E-state index contributed by atoms with van der Waals surface area (Å²) >= 11 is 7.35. The van der Waals surface area contributed by atoms with Crippen LogP contribution in [0.2, 0.25) is 5.02 Å². The maximum atomic E-state index is 12.2. The van der Waals surface area contributed by atoms with E-state index >= 15 is 0 Å². The molecule has 0 spiro atoms. The molecule has 9 heteroatoms. The first kappa shape index (κ1) is 21.5. The van der Waals surface area contributed by atoms with E-state index in [2.05, 4.69) is 15.5 Å². The molecule has 2 aromatic carbocycles. The number of thiazole rings is 1. The lowest BCUT2D eigenvalue weighted by Crippen LogP contribution is -2.09. The second-order valence-corrected chi connectivity index (χ2v) is 7.20. The molecule has 0 fully saturated rings. The van der Waals surface area contributed by atoms with Crippen LogP contribution in [-0.4, -0.2) is 29.7 Å². The zero-order chi connectivity index (χ0) is 21.3. The number of rotatable bonds is 8. The first-order valence-electron chi connectivity index (χ1n) is 9.01. The van der Waals surface area contributed by atoms with Gasteiger partial charge < -0.3 is 9.47 Å². The van der Waals surface area contributed by atoms with E-state index in [0.29, 0.717) is 33.8 Å². The molecule has 3 rings (SSSR count). The molecule has 0 radical (unpaired) electrons. The molecule has 154 valence electrons. The van der Waals surface area contributed by atoms with Gasteiger partial charge in [0.05, 0.1) is 35.5 Å². The van der Waals surface area contributed by atoms with E-state index < -0.39 is 5.97 Å². The number of benzene rings is 2. The lowest BCUT2D eigenvalue weighted by molar-refractivity contribution is -0.142. The Labute approximate surface area is 182 Å². The van der Waals surface area contributed by atoms with E-state index in [-0.39, 0.29) is 12.4 Å². The van der Waals surface area contributed by atoms with Crippen molar-refractivity contribution in [3.05, 3.63) is 75.8 Å². The van der Waals surface area contributed by atoms with E-state index in [1.165, 1.54) is 11.3 Å². The second-order valence-electron chi connectivity index (χ2n) is 5.93. The van der Waals surface area contributed by atoms with Crippen LogP contribution in [0.5, 0.6) is 5.75 Å². The van der Waals surface area contributed by atoms with Crippen LogP contribution < -0.4 is 10.2 Å². The maximum absolute atomic E-state index is 12.2. The van der Waals surface area contributed by atoms with Crippen molar-refractivity contribution >= 4 is 46.2 Å². The number of halogens is 1. The van der Waals surface area contributed by atoms with Gasteiger partial charge in [0.2, 0.25) is 5.13 Å². The van der Waals surface area contributed by atoms with Crippen molar-refractivity contribution in [1.29, 1.82) is 0 Å². The van der Waals surface area contributed by atoms with Gasteiger partial charge >= 0.3 is 11.9 Å². The number of carbonyl (C=O) groups is 2. The van der Waals surface area contributed by atoms with Crippen LogP contribution in [0.25, 0.3) is 0 Å². The van der Waals surface area contributed by atoms with Gasteiger partial charge in [-0.1, -0.05) is 23.7 Å². The number of hydrazone groups is 1. The van der Waals surface area contributed by atoms with Gasteiger partial charge in [0.1, 0.15) is 5.75 Å². The fourth-order valence-electron chi connectivity index (χ4n) is 2.37. The molecule has 1 N–H and O–H groups in total. The summed E-state index contributed by atoms with van der Waals surface area (Å²) in [5, 5.41) is 6.80. The number of ether oxygens (including phenoxy) is 2. The predicted molar refractivity (Wildman–Crippen MR) is 117 cm³/mol. The van der Waals surface area contributed by atoms with Crippen LogP contribution in [0.4, 0.5) is 5.13 Å². The average molecular weight is 444 g/mol. The van der Waals surface area contributed by atoms with Crippen LogP contribution in [0.15, 0.2) is 59.0 Å². The molecule has 1 aromatic heterocycles. The highest BCUT2D eigenvalue weighted by atomic mass is 35.5. The molecular weight excluding hydrogens is 426 g/mol. The Balaban J connectivity index is 1.52.